The predicted octanol–water partition coefficient (Wildman–Crippen LogP) is 2.76. The number of aliphatic carboxylic acids is 1. The number of halogens is 1. The number of carboxylic acid groups (broad SMARTS) is 1. The second-order valence-corrected chi connectivity index (χ2v) is 8.33. The molecule has 1 aromatic carbocycles. The van der Waals surface area contributed by atoms with Crippen molar-refractivity contribution >= 4 is 11.9 Å². The molecule has 10 nitrogen and oxygen atoms in total. The number of nitrogens with zero attached hydrogens (tertiary/aromatic N) is 4. The summed E-state index contributed by atoms with van der Waals surface area (Å²) in [5.74, 6) is -1.83. The molecule has 0 saturated carbocycles. The second-order valence-electron chi connectivity index (χ2n) is 8.33. The summed E-state index contributed by atoms with van der Waals surface area (Å²) >= 11 is 0. The number of benzene rings is 1. The summed E-state index contributed by atoms with van der Waals surface area (Å²) in [6, 6.07) is 9.63. The topological polar surface area (TPSA) is 152 Å². The van der Waals surface area contributed by atoms with E-state index in [0.717, 1.165) is 22.5 Å². The SMILES string of the molecule is Cc1cccc(-c2n[nH]cc2-c2ccc(F)c(-c3cnn(CCNC(=O)[C@H](N)CCC(=O)O)c3)c2)n1. The lowest BCUT2D eigenvalue weighted by molar-refractivity contribution is -0.137. The zero-order chi connectivity index (χ0) is 25.7. The van der Waals surface area contributed by atoms with Gasteiger partial charge in [0.2, 0.25) is 5.91 Å². The highest BCUT2D eigenvalue weighted by Gasteiger charge is 2.16. The van der Waals surface area contributed by atoms with E-state index in [2.05, 4.69) is 25.6 Å². The van der Waals surface area contributed by atoms with Crippen LogP contribution >= 0.6 is 0 Å². The molecule has 0 radical (unpaired) electrons. The molecule has 0 aliphatic rings. The van der Waals surface area contributed by atoms with Crippen molar-refractivity contribution in [3.8, 4) is 33.6 Å². The van der Waals surface area contributed by atoms with Gasteiger partial charge in [-0.15, -0.1) is 0 Å². The number of pyridine rings is 1. The molecule has 3 heterocycles. The number of hydrogen-bond donors (Lipinski definition) is 4. The van der Waals surface area contributed by atoms with Gasteiger partial charge in [0.1, 0.15) is 11.5 Å². The van der Waals surface area contributed by atoms with Gasteiger partial charge in [-0.25, -0.2) is 4.39 Å². The number of amides is 1. The van der Waals surface area contributed by atoms with Crippen LogP contribution in [0.5, 0.6) is 0 Å². The Morgan fingerprint density at radius 3 is 2.83 bits per heavy atom. The number of hydrogen-bond acceptors (Lipinski definition) is 6. The van der Waals surface area contributed by atoms with Crippen LogP contribution in [-0.4, -0.2) is 54.5 Å². The van der Waals surface area contributed by atoms with E-state index in [-0.39, 0.29) is 19.4 Å². The molecule has 11 heteroatoms. The zero-order valence-corrected chi connectivity index (χ0v) is 19.6. The van der Waals surface area contributed by atoms with Crippen molar-refractivity contribution in [2.45, 2.75) is 32.4 Å². The highest BCUT2D eigenvalue weighted by molar-refractivity contribution is 5.82. The highest BCUT2D eigenvalue weighted by Crippen LogP contribution is 2.33. The maximum atomic E-state index is 14.8. The van der Waals surface area contributed by atoms with E-state index >= 15 is 0 Å². The van der Waals surface area contributed by atoms with Crippen LogP contribution in [0.15, 0.2) is 55.0 Å². The Kier molecular flexibility index (Phi) is 7.50. The molecule has 186 valence electrons. The largest absolute Gasteiger partial charge is 0.481 e. The van der Waals surface area contributed by atoms with Crippen LogP contribution in [0, 0.1) is 12.7 Å². The maximum absolute atomic E-state index is 14.8. The number of carboxylic acids is 1. The average Bonchev–Trinajstić information content (AvgIpc) is 3.53. The van der Waals surface area contributed by atoms with Crippen LogP contribution in [0.1, 0.15) is 18.5 Å². The lowest BCUT2D eigenvalue weighted by Crippen LogP contribution is -2.42. The van der Waals surface area contributed by atoms with E-state index in [1.165, 1.54) is 6.07 Å². The normalized spacial score (nSPS) is 11.9. The Morgan fingerprint density at radius 2 is 2.06 bits per heavy atom. The minimum Gasteiger partial charge on any atom is -0.481 e. The summed E-state index contributed by atoms with van der Waals surface area (Å²) in [6.07, 6.45) is 4.88. The van der Waals surface area contributed by atoms with Crippen LogP contribution in [0.4, 0.5) is 4.39 Å². The Morgan fingerprint density at radius 1 is 1.22 bits per heavy atom. The third-order valence-corrected chi connectivity index (χ3v) is 5.64. The minimum atomic E-state index is -1.01. The molecule has 1 amide bonds. The molecule has 0 saturated heterocycles. The van der Waals surface area contributed by atoms with Gasteiger partial charge in [-0.05, 0) is 43.2 Å². The Hall–Kier alpha value is -4.38. The van der Waals surface area contributed by atoms with Gasteiger partial charge in [0.05, 0.1) is 24.5 Å². The van der Waals surface area contributed by atoms with Crippen molar-refractivity contribution < 1.29 is 19.1 Å². The molecule has 0 aliphatic heterocycles. The van der Waals surface area contributed by atoms with Crippen LogP contribution in [0.3, 0.4) is 0 Å². The lowest BCUT2D eigenvalue weighted by atomic mass is 9.99. The molecule has 4 rings (SSSR count). The van der Waals surface area contributed by atoms with E-state index in [0.29, 0.717) is 23.4 Å². The smallest absolute Gasteiger partial charge is 0.303 e. The molecule has 5 N–H and O–H groups in total. The van der Waals surface area contributed by atoms with Gasteiger partial charge in [-0.2, -0.15) is 10.2 Å². The standard InChI is InChI=1S/C25H26FN7O3/c1-15-3-2-4-22(31-15)24-19(13-29-32-24)16-5-6-20(26)18(11-16)17-12-30-33(14-17)10-9-28-25(36)21(27)7-8-23(34)35/h2-6,11-14,21H,7-10,27H2,1H3,(H,28,36)(H,29,32)(H,34,35)/t21-/m1/s1. The molecular weight excluding hydrogens is 465 g/mol. The van der Waals surface area contributed by atoms with E-state index < -0.39 is 23.7 Å². The van der Waals surface area contributed by atoms with Crippen molar-refractivity contribution in [2.24, 2.45) is 5.73 Å². The molecule has 0 aliphatic carbocycles. The average molecular weight is 492 g/mol. The van der Waals surface area contributed by atoms with Crippen molar-refractivity contribution in [3.63, 3.8) is 0 Å². The molecular formula is C25H26FN7O3. The van der Waals surface area contributed by atoms with E-state index in [4.69, 9.17) is 10.8 Å². The molecule has 4 aromatic rings. The first-order chi connectivity index (χ1) is 17.3. The fraction of sp³-hybridized carbons (Fsp3) is 0.240. The number of rotatable bonds is 10. The summed E-state index contributed by atoms with van der Waals surface area (Å²) in [6.45, 7) is 2.48. The number of nitrogens with one attached hydrogen (secondary N) is 2. The molecule has 0 spiro atoms. The van der Waals surface area contributed by atoms with Gasteiger partial charge in [-0.3, -0.25) is 24.4 Å². The van der Waals surface area contributed by atoms with Crippen molar-refractivity contribution in [2.75, 3.05) is 6.54 Å². The van der Waals surface area contributed by atoms with Crippen LogP contribution in [0.2, 0.25) is 0 Å². The summed E-state index contributed by atoms with van der Waals surface area (Å²) < 4.78 is 16.4. The fourth-order valence-corrected chi connectivity index (χ4v) is 3.75. The van der Waals surface area contributed by atoms with E-state index in [9.17, 15) is 14.0 Å². The number of carbonyl (C=O) groups excluding carboxylic acids is 1. The minimum absolute atomic E-state index is 0.0566. The first kappa shape index (κ1) is 24.7. The number of aromatic nitrogens is 5. The Balaban J connectivity index is 1.46. The monoisotopic (exact) mass is 491 g/mol. The Bertz CT molecular complexity index is 1380. The number of nitrogens with two attached hydrogens (primary N) is 1. The number of aryl methyl sites for hydroxylation is 1. The van der Waals surface area contributed by atoms with Crippen LogP contribution < -0.4 is 11.1 Å². The summed E-state index contributed by atoms with van der Waals surface area (Å²) in [4.78, 5) is 27.2. The molecule has 0 bridgehead atoms. The predicted molar refractivity (Wildman–Crippen MR) is 131 cm³/mol. The van der Waals surface area contributed by atoms with Crippen molar-refractivity contribution in [1.29, 1.82) is 0 Å². The van der Waals surface area contributed by atoms with Gasteiger partial charge in [0, 0.05) is 47.7 Å². The molecule has 0 fully saturated rings. The van der Waals surface area contributed by atoms with Gasteiger partial charge in [0.25, 0.3) is 0 Å². The first-order valence-corrected chi connectivity index (χ1v) is 11.4. The highest BCUT2D eigenvalue weighted by atomic mass is 19.1. The third kappa shape index (κ3) is 5.81. The number of carbonyl (C=O) groups is 2. The second kappa shape index (κ2) is 10.9. The molecule has 3 aromatic heterocycles. The van der Waals surface area contributed by atoms with Crippen LogP contribution in [0.25, 0.3) is 33.6 Å². The zero-order valence-electron chi connectivity index (χ0n) is 19.6. The molecule has 1 atom stereocenters. The van der Waals surface area contributed by atoms with Gasteiger partial charge >= 0.3 is 5.97 Å². The summed E-state index contributed by atoms with van der Waals surface area (Å²) in [5, 5.41) is 22.8. The van der Waals surface area contributed by atoms with E-state index in [1.54, 1.807) is 35.4 Å². The molecule has 0 unspecified atom stereocenters. The molecule has 36 heavy (non-hydrogen) atoms. The Labute approximate surface area is 206 Å². The van der Waals surface area contributed by atoms with Crippen molar-refractivity contribution in [3.05, 3.63) is 66.5 Å². The maximum Gasteiger partial charge on any atom is 0.303 e. The summed E-state index contributed by atoms with van der Waals surface area (Å²) in [7, 11) is 0. The van der Waals surface area contributed by atoms with Crippen molar-refractivity contribution in [1.82, 2.24) is 30.3 Å². The van der Waals surface area contributed by atoms with Gasteiger partial charge < -0.3 is 16.2 Å². The fourth-order valence-electron chi connectivity index (χ4n) is 3.75. The third-order valence-electron chi connectivity index (χ3n) is 5.64. The quantitative estimate of drug-likeness (QED) is 0.266. The number of H-pyrrole nitrogens is 1. The number of aromatic amines is 1. The summed E-state index contributed by atoms with van der Waals surface area (Å²) in [5.41, 5.74) is 10.5. The first-order valence-electron chi connectivity index (χ1n) is 11.4. The lowest BCUT2D eigenvalue weighted by Gasteiger charge is -2.11. The van der Waals surface area contributed by atoms with Gasteiger partial charge in [0.15, 0.2) is 0 Å². The van der Waals surface area contributed by atoms with E-state index in [1.807, 2.05) is 25.1 Å². The van der Waals surface area contributed by atoms with Crippen LogP contribution in [-0.2, 0) is 16.1 Å². The van der Waals surface area contributed by atoms with Gasteiger partial charge in [-0.1, -0.05) is 12.1 Å².